The predicted molar refractivity (Wildman–Crippen MR) is 114 cm³/mol. The first-order valence-corrected chi connectivity index (χ1v) is 9.93. The lowest BCUT2D eigenvalue weighted by Gasteiger charge is -2.21. The maximum Gasteiger partial charge on any atom is 0.293 e. The average Bonchev–Trinajstić information content (AvgIpc) is 2.94. The fourth-order valence-corrected chi connectivity index (χ4v) is 3.57. The molecule has 8 heteroatoms. The Balaban J connectivity index is 1.52. The quantitative estimate of drug-likeness (QED) is 0.583. The molecule has 1 aliphatic rings. The number of carbonyl (C=O) groups is 1. The monoisotopic (exact) mass is 407 g/mol. The number of nitro benzene ring substituents is 1. The third kappa shape index (κ3) is 5.86. The summed E-state index contributed by atoms with van der Waals surface area (Å²) in [6, 6.07) is 14.5. The van der Waals surface area contributed by atoms with E-state index in [-0.39, 0.29) is 23.8 Å². The lowest BCUT2D eigenvalue weighted by molar-refractivity contribution is -0.384. The molecule has 0 atom stereocenters. The van der Waals surface area contributed by atoms with Crippen molar-refractivity contribution >= 4 is 17.3 Å². The summed E-state index contributed by atoms with van der Waals surface area (Å²) in [5.41, 5.74) is 2.72. The number of nitrogens with one attached hydrogen (secondary N) is 1. The summed E-state index contributed by atoms with van der Waals surface area (Å²) in [5, 5.41) is 22.8. The van der Waals surface area contributed by atoms with Gasteiger partial charge in [-0.05, 0) is 55.8 Å². The topological polar surface area (TPSA) is 103 Å². The molecule has 0 aromatic heterocycles. The van der Waals surface area contributed by atoms with Gasteiger partial charge in [0.2, 0.25) is 5.91 Å². The first-order chi connectivity index (χ1) is 14.4. The van der Waals surface area contributed by atoms with Crippen LogP contribution in [0.1, 0.15) is 23.1 Å². The van der Waals surface area contributed by atoms with E-state index in [9.17, 15) is 14.9 Å². The first kappa shape index (κ1) is 21.4. The summed E-state index contributed by atoms with van der Waals surface area (Å²) >= 11 is 0. The highest BCUT2D eigenvalue weighted by Crippen LogP contribution is 2.25. The molecule has 0 unspecified atom stereocenters. The molecule has 0 radical (unpaired) electrons. The van der Waals surface area contributed by atoms with Gasteiger partial charge in [-0.15, -0.1) is 0 Å². The van der Waals surface area contributed by atoms with Crippen LogP contribution in [0.25, 0.3) is 0 Å². The Labute approximate surface area is 175 Å². The van der Waals surface area contributed by atoms with Crippen molar-refractivity contribution in [3.63, 3.8) is 0 Å². The van der Waals surface area contributed by atoms with Crippen LogP contribution in [-0.4, -0.2) is 53.4 Å². The summed E-state index contributed by atoms with van der Waals surface area (Å²) in [4.78, 5) is 27.6. The van der Waals surface area contributed by atoms with Crippen LogP contribution in [0, 0.1) is 28.4 Å². The Kier molecular flexibility index (Phi) is 7.12. The van der Waals surface area contributed by atoms with Gasteiger partial charge in [-0.1, -0.05) is 18.2 Å². The molecule has 0 saturated carbocycles. The van der Waals surface area contributed by atoms with Gasteiger partial charge in [0.05, 0.1) is 23.1 Å². The number of hydrogen-bond acceptors (Lipinski definition) is 6. The highest BCUT2D eigenvalue weighted by Gasteiger charge is 2.20. The van der Waals surface area contributed by atoms with E-state index >= 15 is 0 Å². The van der Waals surface area contributed by atoms with Crippen LogP contribution < -0.4 is 5.32 Å². The maximum atomic E-state index is 12.5. The van der Waals surface area contributed by atoms with Gasteiger partial charge >= 0.3 is 0 Å². The zero-order valence-corrected chi connectivity index (χ0v) is 17.0. The van der Waals surface area contributed by atoms with E-state index in [0.717, 1.165) is 50.3 Å². The first-order valence-electron chi connectivity index (χ1n) is 9.93. The summed E-state index contributed by atoms with van der Waals surface area (Å²) in [7, 11) is 0. The normalized spacial score (nSPS) is 15.2. The number of carbonyl (C=O) groups excluding carboxylic acids is 1. The zero-order valence-electron chi connectivity index (χ0n) is 17.0. The van der Waals surface area contributed by atoms with Crippen LogP contribution in [0.2, 0.25) is 0 Å². The van der Waals surface area contributed by atoms with Crippen LogP contribution >= 0.6 is 0 Å². The van der Waals surface area contributed by atoms with Gasteiger partial charge in [0.25, 0.3) is 5.69 Å². The Morgan fingerprint density at radius 2 is 1.83 bits per heavy atom. The second-order valence-electron chi connectivity index (χ2n) is 7.54. The van der Waals surface area contributed by atoms with Crippen molar-refractivity contribution in [2.75, 3.05) is 38.0 Å². The van der Waals surface area contributed by atoms with Crippen molar-refractivity contribution in [3.8, 4) is 6.07 Å². The number of aryl methyl sites for hydroxylation is 1. The molecular weight excluding hydrogens is 382 g/mol. The summed E-state index contributed by atoms with van der Waals surface area (Å²) in [6.07, 6.45) is 0.939. The Bertz CT molecular complexity index is 952. The van der Waals surface area contributed by atoms with Crippen LogP contribution in [0.4, 0.5) is 11.4 Å². The molecule has 1 heterocycles. The lowest BCUT2D eigenvalue weighted by atomic mass is 10.1. The number of nitrogens with zero attached hydrogens (tertiary/aromatic N) is 4. The molecule has 156 valence electrons. The van der Waals surface area contributed by atoms with Gasteiger partial charge in [0.15, 0.2) is 0 Å². The van der Waals surface area contributed by atoms with E-state index in [4.69, 9.17) is 5.26 Å². The minimum Gasteiger partial charge on any atom is -0.319 e. The predicted octanol–water partition coefficient (Wildman–Crippen LogP) is 2.92. The van der Waals surface area contributed by atoms with Crippen LogP contribution in [0.5, 0.6) is 0 Å². The number of rotatable bonds is 6. The highest BCUT2D eigenvalue weighted by molar-refractivity contribution is 5.94. The number of nitro groups is 1. The van der Waals surface area contributed by atoms with Crippen molar-refractivity contribution < 1.29 is 9.72 Å². The molecule has 30 heavy (non-hydrogen) atoms. The van der Waals surface area contributed by atoms with Gasteiger partial charge in [-0.3, -0.25) is 24.7 Å². The third-order valence-corrected chi connectivity index (χ3v) is 5.16. The Morgan fingerprint density at radius 1 is 1.13 bits per heavy atom. The molecule has 2 aromatic rings. The molecule has 1 saturated heterocycles. The van der Waals surface area contributed by atoms with E-state index in [1.807, 2.05) is 24.3 Å². The fourth-order valence-electron chi connectivity index (χ4n) is 3.57. The van der Waals surface area contributed by atoms with Gasteiger partial charge in [-0.25, -0.2) is 0 Å². The summed E-state index contributed by atoms with van der Waals surface area (Å²) in [6.45, 7) is 6.10. The van der Waals surface area contributed by atoms with Crippen molar-refractivity contribution in [3.05, 3.63) is 69.3 Å². The van der Waals surface area contributed by atoms with Gasteiger partial charge in [-0.2, -0.15) is 5.26 Å². The standard InChI is InChI=1S/C22H25N5O3/c1-17-3-8-20(21(13-17)27(29)30)24-22(28)16-26-10-2-9-25(11-12-26)15-19-6-4-18(14-23)5-7-19/h3-8,13H,2,9-12,15-16H2,1H3,(H,24,28). The Hall–Kier alpha value is -3.28. The molecule has 3 rings (SSSR count). The number of amides is 1. The van der Waals surface area contributed by atoms with Crippen molar-refractivity contribution in [2.45, 2.75) is 19.9 Å². The van der Waals surface area contributed by atoms with Gasteiger partial charge in [0.1, 0.15) is 5.69 Å². The van der Waals surface area contributed by atoms with Crippen LogP contribution in [-0.2, 0) is 11.3 Å². The second-order valence-corrected chi connectivity index (χ2v) is 7.54. The minimum absolute atomic E-state index is 0.0900. The molecular formula is C22H25N5O3. The molecule has 1 aliphatic heterocycles. The van der Waals surface area contributed by atoms with E-state index in [1.165, 1.54) is 6.07 Å². The van der Waals surface area contributed by atoms with Crippen LogP contribution in [0.3, 0.4) is 0 Å². The number of benzene rings is 2. The van der Waals surface area contributed by atoms with Gasteiger partial charge in [0, 0.05) is 25.7 Å². The number of hydrogen-bond donors (Lipinski definition) is 1. The molecule has 1 amide bonds. The van der Waals surface area contributed by atoms with Crippen LogP contribution in [0.15, 0.2) is 42.5 Å². The molecule has 0 bridgehead atoms. The van der Waals surface area contributed by atoms with E-state index in [0.29, 0.717) is 5.56 Å². The number of nitriles is 1. The Morgan fingerprint density at radius 3 is 2.53 bits per heavy atom. The second kappa shape index (κ2) is 9.96. The fraction of sp³-hybridized carbons (Fsp3) is 0.364. The molecule has 1 fully saturated rings. The molecule has 2 aromatic carbocycles. The lowest BCUT2D eigenvalue weighted by Crippen LogP contribution is -2.36. The highest BCUT2D eigenvalue weighted by atomic mass is 16.6. The SMILES string of the molecule is Cc1ccc(NC(=O)CN2CCCN(Cc3ccc(C#N)cc3)CC2)c([N+](=O)[O-])c1. The smallest absolute Gasteiger partial charge is 0.293 e. The maximum absolute atomic E-state index is 12.5. The molecule has 8 nitrogen and oxygen atoms in total. The molecule has 0 spiro atoms. The van der Waals surface area contributed by atoms with E-state index < -0.39 is 4.92 Å². The van der Waals surface area contributed by atoms with E-state index in [2.05, 4.69) is 21.2 Å². The van der Waals surface area contributed by atoms with Crippen molar-refractivity contribution in [1.29, 1.82) is 5.26 Å². The van der Waals surface area contributed by atoms with E-state index in [1.54, 1.807) is 19.1 Å². The summed E-state index contributed by atoms with van der Waals surface area (Å²) in [5.74, 6) is -0.248. The number of anilines is 1. The van der Waals surface area contributed by atoms with Gasteiger partial charge < -0.3 is 5.32 Å². The summed E-state index contributed by atoms with van der Waals surface area (Å²) < 4.78 is 0. The zero-order chi connectivity index (χ0) is 21.5. The largest absolute Gasteiger partial charge is 0.319 e. The molecule has 0 aliphatic carbocycles. The van der Waals surface area contributed by atoms with Crippen molar-refractivity contribution in [1.82, 2.24) is 9.80 Å². The van der Waals surface area contributed by atoms with Crippen molar-refractivity contribution in [2.24, 2.45) is 0 Å². The minimum atomic E-state index is -0.477. The average molecular weight is 407 g/mol. The molecule has 1 N–H and O–H groups in total. The third-order valence-electron chi connectivity index (χ3n) is 5.16.